The molecule has 0 amide bonds. The highest BCUT2D eigenvalue weighted by molar-refractivity contribution is 5.33. The average molecular weight is 235 g/mol. The first-order chi connectivity index (χ1) is 8.40. The van der Waals surface area contributed by atoms with Gasteiger partial charge >= 0.3 is 0 Å². The van der Waals surface area contributed by atoms with Crippen LogP contribution >= 0.6 is 0 Å². The molecule has 1 aromatic carbocycles. The van der Waals surface area contributed by atoms with Gasteiger partial charge in [0.1, 0.15) is 5.75 Å². The molecule has 1 aliphatic rings. The Bertz CT molecular complexity index is 335. The van der Waals surface area contributed by atoms with Crippen molar-refractivity contribution >= 4 is 0 Å². The van der Waals surface area contributed by atoms with Crippen molar-refractivity contribution < 1.29 is 9.47 Å². The van der Waals surface area contributed by atoms with E-state index in [0.717, 1.165) is 44.8 Å². The van der Waals surface area contributed by atoms with Gasteiger partial charge in [0, 0.05) is 13.2 Å². The van der Waals surface area contributed by atoms with Crippen molar-refractivity contribution in [3.63, 3.8) is 0 Å². The number of hydrogen-bond donors (Lipinski definition) is 1. The molecule has 1 saturated heterocycles. The minimum atomic E-state index is 0.634. The molecule has 1 aromatic rings. The van der Waals surface area contributed by atoms with E-state index in [4.69, 9.17) is 15.2 Å². The molecule has 1 fully saturated rings. The van der Waals surface area contributed by atoms with Crippen LogP contribution in [0, 0.1) is 5.92 Å². The van der Waals surface area contributed by atoms with E-state index in [2.05, 4.69) is 6.07 Å². The van der Waals surface area contributed by atoms with E-state index >= 15 is 0 Å². The second kappa shape index (κ2) is 6.62. The molecule has 0 atom stereocenters. The summed E-state index contributed by atoms with van der Waals surface area (Å²) in [5.41, 5.74) is 6.81. The first-order valence-corrected chi connectivity index (χ1v) is 6.38. The minimum absolute atomic E-state index is 0.634. The molecule has 0 aliphatic carbocycles. The van der Waals surface area contributed by atoms with E-state index in [-0.39, 0.29) is 0 Å². The Labute approximate surface area is 103 Å². The Balaban J connectivity index is 1.88. The third kappa shape index (κ3) is 3.72. The van der Waals surface area contributed by atoms with Crippen molar-refractivity contribution in [2.75, 3.05) is 26.4 Å². The Hall–Kier alpha value is -1.06. The topological polar surface area (TPSA) is 44.5 Å². The number of benzene rings is 1. The Morgan fingerprint density at radius 2 is 2.00 bits per heavy atom. The predicted octanol–water partition coefficient (Wildman–Crippen LogP) is 1.99. The molecule has 0 spiro atoms. The normalized spacial score (nSPS) is 17.0. The van der Waals surface area contributed by atoms with Crippen LogP contribution in [0.4, 0.5) is 0 Å². The lowest BCUT2D eigenvalue weighted by Gasteiger charge is -2.22. The summed E-state index contributed by atoms with van der Waals surface area (Å²) in [4.78, 5) is 0. The van der Waals surface area contributed by atoms with E-state index in [0.29, 0.717) is 12.5 Å². The van der Waals surface area contributed by atoms with Crippen molar-refractivity contribution in [3.05, 3.63) is 29.8 Å². The number of para-hydroxylation sites is 1. The summed E-state index contributed by atoms with van der Waals surface area (Å²) in [5, 5.41) is 0. The van der Waals surface area contributed by atoms with Gasteiger partial charge in [-0.3, -0.25) is 0 Å². The number of rotatable bonds is 5. The quantitative estimate of drug-likeness (QED) is 0.849. The fourth-order valence-electron chi connectivity index (χ4n) is 2.13. The molecule has 1 aliphatic heterocycles. The zero-order chi connectivity index (χ0) is 11.9. The highest BCUT2D eigenvalue weighted by Crippen LogP contribution is 2.21. The third-order valence-corrected chi connectivity index (χ3v) is 3.20. The summed E-state index contributed by atoms with van der Waals surface area (Å²) in [6, 6.07) is 8.17. The summed E-state index contributed by atoms with van der Waals surface area (Å²) >= 11 is 0. The van der Waals surface area contributed by atoms with Crippen LogP contribution in [0.15, 0.2) is 24.3 Å². The smallest absolute Gasteiger partial charge is 0.122 e. The SMILES string of the molecule is NCCc1ccccc1OCC1CCOCC1. The van der Waals surface area contributed by atoms with Crippen molar-refractivity contribution in [1.82, 2.24) is 0 Å². The third-order valence-electron chi connectivity index (χ3n) is 3.20. The number of ether oxygens (including phenoxy) is 2. The summed E-state index contributed by atoms with van der Waals surface area (Å²) in [7, 11) is 0. The fraction of sp³-hybridized carbons (Fsp3) is 0.571. The first kappa shape index (κ1) is 12.4. The van der Waals surface area contributed by atoms with Gasteiger partial charge < -0.3 is 15.2 Å². The van der Waals surface area contributed by atoms with E-state index in [1.165, 1.54) is 5.56 Å². The lowest BCUT2D eigenvalue weighted by Crippen LogP contribution is -2.21. The average Bonchev–Trinajstić information content (AvgIpc) is 2.39. The van der Waals surface area contributed by atoms with Gasteiger partial charge in [-0.1, -0.05) is 18.2 Å². The minimum Gasteiger partial charge on any atom is -0.493 e. The molecule has 1 heterocycles. The van der Waals surface area contributed by atoms with E-state index in [9.17, 15) is 0 Å². The zero-order valence-corrected chi connectivity index (χ0v) is 10.2. The van der Waals surface area contributed by atoms with E-state index in [1.807, 2.05) is 18.2 Å². The Kier molecular flexibility index (Phi) is 4.83. The van der Waals surface area contributed by atoms with Gasteiger partial charge in [0.05, 0.1) is 6.61 Å². The first-order valence-electron chi connectivity index (χ1n) is 6.38. The van der Waals surface area contributed by atoms with Crippen LogP contribution in [0.25, 0.3) is 0 Å². The van der Waals surface area contributed by atoms with Crippen LogP contribution in [-0.2, 0) is 11.2 Å². The maximum Gasteiger partial charge on any atom is 0.122 e. The summed E-state index contributed by atoms with van der Waals surface area (Å²) in [5.74, 6) is 1.62. The van der Waals surface area contributed by atoms with Gasteiger partial charge in [-0.25, -0.2) is 0 Å². The van der Waals surface area contributed by atoms with Gasteiger partial charge in [0.15, 0.2) is 0 Å². The van der Waals surface area contributed by atoms with Crippen molar-refractivity contribution in [1.29, 1.82) is 0 Å². The lowest BCUT2D eigenvalue weighted by atomic mass is 10.0. The molecule has 0 radical (unpaired) electrons. The Morgan fingerprint density at radius 1 is 1.24 bits per heavy atom. The highest BCUT2D eigenvalue weighted by Gasteiger charge is 2.14. The van der Waals surface area contributed by atoms with E-state index in [1.54, 1.807) is 0 Å². The summed E-state index contributed by atoms with van der Waals surface area (Å²) in [6.07, 6.45) is 3.10. The molecule has 2 N–H and O–H groups in total. The lowest BCUT2D eigenvalue weighted by molar-refractivity contribution is 0.0496. The molecular formula is C14H21NO2. The van der Waals surface area contributed by atoms with E-state index < -0.39 is 0 Å². The molecular weight excluding hydrogens is 214 g/mol. The Morgan fingerprint density at radius 3 is 2.76 bits per heavy atom. The summed E-state index contributed by atoms with van der Waals surface area (Å²) in [6.45, 7) is 3.21. The monoisotopic (exact) mass is 235 g/mol. The molecule has 0 unspecified atom stereocenters. The van der Waals surface area contributed by atoms with Crippen molar-refractivity contribution in [3.8, 4) is 5.75 Å². The van der Waals surface area contributed by atoms with Gasteiger partial charge in [-0.15, -0.1) is 0 Å². The second-order valence-electron chi connectivity index (χ2n) is 4.51. The maximum atomic E-state index is 5.92. The molecule has 17 heavy (non-hydrogen) atoms. The van der Waals surface area contributed by atoms with Gasteiger partial charge in [-0.05, 0) is 43.4 Å². The largest absolute Gasteiger partial charge is 0.493 e. The van der Waals surface area contributed by atoms with Crippen LogP contribution in [0.5, 0.6) is 5.75 Å². The molecule has 94 valence electrons. The van der Waals surface area contributed by atoms with Crippen LogP contribution in [0.3, 0.4) is 0 Å². The molecule has 3 nitrogen and oxygen atoms in total. The zero-order valence-electron chi connectivity index (χ0n) is 10.2. The standard InChI is InChI=1S/C14H21NO2/c15-8-5-13-3-1-2-4-14(13)17-11-12-6-9-16-10-7-12/h1-4,12H,5-11,15H2. The molecule has 0 saturated carbocycles. The van der Waals surface area contributed by atoms with Crippen LogP contribution < -0.4 is 10.5 Å². The van der Waals surface area contributed by atoms with Gasteiger partial charge in [0.25, 0.3) is 0 Å². The molecule has 2 rings (SSSR count). The van der Waals surface area contributed by atoms with Crippen LogP contribution in [-0.4, -0.2) is 26.4 Å². The molecule has 0 bridgehead atoms. The fourth-order valence-corrected chi connectivity index (χ4v) is 2.13. The van der Waals surface area contributed by atoms with Gasteiger partial charge in [-0.2, -0.15) is 0 Å². The molecule has 3 heteroatoms. The van der Waals surface area contributed by atoms with Gasteiger partial charge in [0.2, 0.25) is 0 Å². The van der Waals surface area contributed by atoms with Crippen molar-refractivity contribution in [2.45, 2.75) is 19.3 Å². The highest BCUT2D eigenvalue weighted by atomic mass is 16.5. The summed E-state index contributed by atoms with van der Waals surface area (Å²) < 4.78 is 11.3. The maximum absolute atomic E-state index is 5.92. The molecule has 0 aromatic heterocycles. The predicted molar refractivity (Wildman–Crippen MR) is 68.2 cm³/mol. The van der Waals surface area contributed by atoms with Crippen LogP contribution in [0.2, 0.25) is 0 Å². The van der Waals surface area contributed by atoms with Crippen molar-refractivity contribution in [2.24, 2.45) is 11.7 Å². The second-order valence-corrected chi connectivity index (χ2v) is 4.51. The number of nitrogens with two attached hydrogens (primary N) is 1. The van der Waals surface area contributed by atoms with Crippen LogP contribution in [0.1, 0.15) is 18.4 Å². The number of hydrogen-bond acceptors (Lipinski definition) is 3.